The average Bonchev–Trinajstić information content (AvgIpc) is 2.44. The molecule has 21 heavy (non-hydrogen) atoms. The molecule has 3 N–H and O–H groups in total. The summed E-state index contributed by atoms with van der Waals surface area (Å²) in [6.07, 6.45) is 1.75. The highest BCUT2D eigenvalue weighted by Gasteiger charge is 2.11. The molecule has 0 fully saturated rings. The largest absolute Gasteiger partial charge is 0.362 e. The van der Waals surface area contributed by atoms with Crippen molar-refractivity contribution in [3.8, 4) is 0 Å². The van der Waals surface area contributed by atoms with Gasteiger partial charge in [0.2, 0.25) is 5.91 Å². The Morgan fingerprint density at radius 1 is 1.33 bits per heavy atom. The van der Waals surface area contributed by atoms with Crippen molar-refractivity contribution in [1.29, 1.82) is 0 Å². The van der Waals surface area contributed by atoms with Crippen molar-refractivity contribution in [3.05, 3.63) is 30.1 Å². The molecule has 4 nitrogen and oxygen atoms in total. The molecule has 0 unspecified atom stereocenters. The molecule has 0 saturated heterocycles. The van der Waals surface area contributed by atoms with Crippen LogP contribution in [0.1, 0.15) is 26.7 Å². The van der Waals surface area contributed by atoms with Gasteiger partial charge in [-0.1, -0.05) is 13.8 Å². The van der Waals surface area contributed by atoms with Gasteiger partial charge in [-0.2, -0.15) is 0 Å². The van der Waals surface area contributed by atoms with Gasteiger partial charge in [-0.25, -0.2) is 4.39 Å². The van der Waals surface area contributed by atoms with Crippen LogP contribution in [-0.4, -0.2) is 32.1 Å². The highest BCUT2D eigenvalue weighted by atomic mass is 19.1. The standard InChI is InChI=1S/C16H26FN3O/c1-13(2)8-10-19-16(21)12-20(11-3-9-18)15-6-4-14(17)5-7-15/h4-7,13H,3,8-12,18H2,1-2H3,(H,19,21). The smallest absolute Gasteiger partial charge is 0.239 e. The number of hydrogen-bond donors (Lipinski definition) is 2. The molecule has 0 spiro atoms. The summed E-state index contributed by atoms with van der Waals surface area (Å²) in [5, 5.41) is 2.92. The normalized spacial score (nSPS) is 10.7. The van der Waals surface area contributed by atoms with Crippen molar-refractivity contribution in [2.75, 3.05) is 31.1 Å². The summed E-state index contributed by atoms with van der Waals surface area (Å²) < 4.78 is 13.0. The second-order valence-corrected chi connectivity index (χ2v) is 5.57. The molecule has 0 aromatic heterocycles. The fourth-order valence-electron chi connectivity index (χ4n) is 1.96. The predicted octanol–water partition coefficient (Wildman–Crippen LogP) is 2.14. The van der Waals surface area contributed by atoms with Crippen LogP contribution in [0, 0.1) is 11.7 Å². The van der Waals surface area contributed by atoms with Crippen molar-refractivity contribution in [2.24, 2.45) is 11.7 Å². The van der Waals surface area contributed by atoms with E-state index in [1.54, 1.807) is 12.1 Å². The van der Waals surface area contributed by atoms with Crippen LogP contribution in [0.5, 0.6) is 0 Å². The molecule has 1 rings (SSSR count). The third-order valence-corrected chi connectivity index (χ3v) is 3.20. The van der Waals surface area contributed by atoms with Gasteiger partial charge in [0, 0.05) is 18.8 Å². The molecule has 1 amide bonds. The second-order valence-electron chi connectivity index (χ2n) is 5.57. The number of benzene rings is 1. The summed E-state index contributed by atoms with van der Waals surface area (Å²) in [6.45, 7) is 6.44. The molecular formula is C16H26FN3O. The van der Waals surface area contributed by atoms with Crippen LogP contribution in [0.3, 0.4) is 0 Å². The van der Waals surface area contributed by atoms with Gasteiger partial charge >= 0.3 is 0 Å². The summed E-state index contributed by atoms with van der Waals surface area (Å²) in [7, 11) is 0. The van der Waals surface area contributed by atoms with Crippen molar-refractivity contribution < 1.29 is 9.18 Å². The van der Waals surface area contributed by atoms with Crippen LogP contribution < -0.4 is 16.0 Å². The first kappa shape index (κ1) is 17.4. The number of nitrogens with one attached hydrogen (secondary N) is 1. The molecule has 5 heteroatoms. The maximum absolute atomic E-state index is 13.0. The Bertz CT molecular complexity index is 420. The van der Waals surface area contributed by atoms with Crippen LogP contribution in [-0.2, 0) is 4.79 Å². The molecule has 0 saturated carbocycles. The summed E-state index contributed by atoms with van der Waals surface area (Å²) in [5.74, 6) is 0.270. The molecule has 0 heterocycles. The van der Waals surface area contributed by atoms with Crippen molar-refractivity contribution in [2.45, 2.75) is 26.7 Å². The van der Waals surface area contributed by atoms with Crippen LogP contribution in [0.25, 0.3) is 0 Å². The second kappa shape index (κ2) is 9.34. The molecule has 0 aliphatic rings. The number of amides is 1. The molecule has 118 valence electrons. The topological polar surface area (TPSA) is 58.4 Å². The summed E-state index contributed by atoms with van der Waals surface area (Å²) in [5.41, 5.74) is 6.37. The maximum atomic E-state index is 13.0. The third-order valence-electron chi connectivity index (χ3n) is 3.20. The quantitative estimate of drug-likeness (QED) is 0.734. The van der Waals surface area contributed by atoms with E-state index in [1.807, 2.05) is 4.90 Å². The fourth-order valence-corrected chi connectivity index (χ4v) is 1.96. The number of nitrogens with zero attached hydrogens (tertiary/aromatic N) is 1. The molecule has 0 aliphatic carbocycles. The number of carbonyl (C=O) groups excluding carboxylic acids is 1. The van der Waals surface area contributed by atoms with E-state index in [0.717, 1.165) is 18.5 Å². The Kier molecular flexibility index (Phi) is 7.75. The highest BCUT2D eigenvalue weighted by molar-refractivity contribution is 5.81. The predicted molar refractivity (Wildman–Crippen MR) is 84.7 cm³/mol. The molecule has 1 aromatic carbocycles. The van der Waals surface area contributed by atoms with Crippen LogP contribution in [0.2, 0.25) is 0 Å². The van der Waals surface area contributed by atoms with E-state index >= 15 is 0 Å². The summed E-state index contributed by atoms with van der Waals surface area (Å²) in [4.78, 5) is 13.9. The van der Waals surface area contributed by atoms with Crippen LogP contribution in [0.15, 0.2) is 24.3 Å². The number of hydrogen-bond acceptors (Lipinski definition) is 3. The van der Waals surface area contributed by atoms with E-state index in [0.29, 0.717) is 25.6 Å². The van der Waals surface area contributed by atoms with Crippen molar-refractivity contribution in [3.63, 3.8) is 0 Å². The van der Waals surface area contributed by atoms with E-state index in [2.05, 4.69) is 19.2 Å². The zero-order valence-corrected chi connectivity index (χ0v) is 12.9. The lowest BCUT2D eigenvalue weighted by Crippen LogP contribution is -2.38. The first-order chi connectivity index (χ1) is 10.0. The Balaban J connectivity index is 2.57. The first-order valence-electron chi connectivity index (χ1n) is 7.50. The van der Waals surface area contributed by atoms with Crippen molar-refractivity contribution in [1.82, 2.24) is 5.32 Å². The van der Waals surface area contributed by atoms with Gasteiger partial charge < -0.3 is 16.0 Å². The number of carbonyl (C=O) groups is 1. The number of nitrogens with two attached hydrogens (primary N) is 1. The number of rotatable bonds is 9. The van der Waals surface area contributed by atoms with E-state index < -0.39 is 0 Å². The van der Waals surface area contributed by atoms with Gasteiger partial charge in [-0.3, -0.25) is 4.79 Å². The van der Waals surface area contributed by atoms with E-state index in [9.17, 15) is 9.18 Å². The SMILES string of the molecule is CC(C)CCNC(=O)CN(CCCN)c1ccc(F)cc1. The van der Waals surface area contributed by atoms with E-state index in [4.69, 9.17) is 5.73 Å². The van der Waals surface area contributed by atoms with Crippen molar-refractivity contribution >= 4 is 11.6 Å². The average molecular weight is 295 g/mol. The molecule has 0 aliphatic heterocycles. The lowest BCUT2D eigenvalue weighted by Gasteiger charge is -2.24. The monoisotopic (exact) mass is 295 g/mol. The minimum Gasteiger partial charge on any atom is -0.362 e. The number of anilines is 1. The molecule has 1 aromatic rings. The van der Waals surface area contributed by atoms with Crippen LogP contribution in [0.4, 0.5) is 10.1 Å². The third kappa shape index (κ3) is 7.09. The number of halogens is 1. The molecule has 0 radical (unpaired) electrons. The lowest BCUT2D eigenvalue weighted by atomic mass is 10.1. The van der Waals surface area contributed by atoms with Gasteiger partial charge in [-0.05, 0) is 49.6 Å². The Morgan fingerprint density at radius 2 is 2.00 bits per heavy atom. The molecule has 0 atom stereocenters. The van der Waals surface area contributed by atoms with Gasteiger partial charge in [-0.15, -0.1) is 0 Å². The lowest BCUT2D eigenvalue weighted by molar-refractivity contribution is -0.119. The van der Waals surface area contributed by atoms with Crippen LogP contribution >= 0.6 is 0 Å². The summed E-state index contributed by atoms with van der Waals surface area (Å²) >= 11 is 0. The molecular weight excluding hydrogens is 269 g/mol. The van der Waals surface area contributed by atoms with Gasteiger partial charge in [0.25, 0.3) is 0 Å². The fraction of sp³-hybridized carbons (Fsp3) is 0.562. The minimum atomic E-state index is -0.279. The van der Waals surface area contributed by atoms with Gasteiger partial charge in [0.15, 0.2) is 0 Å². The zero-order valence-electron chi connectivity index (χ0n) is 12.9. The Labute approximate surface area is 126 Å². The molecule has 0 bridgehead atoms. The van der Waals surface area contributed by atoms with Gasteiger partial charge in [0.05, 0.1) is 6.54 Å². The van der Waals surface area contributed by atoms with E-state index in [1.165, 1.54) is 12.1 Å². The minimum absolute atomic E-state index is 0.0167. The summed E-state index contributed by atoms with van der Waals surface area (Å²) in [6, 6.07) is 6.18. The Hall–Kier alpha value is -1.62. The zero-order chi connectivity index (χ0) is 15.7. The van der Waals surface area contributed by atoms with E-state index in [-0.39, 0.29) is 18.3 Å². The first-order valence-corrected chi connectivity index (χ1v) is 7.50. The van der Waals surface area contributed by atoms with Gasteiger partial charge in [0.1, 0.15) is 5.82 Å². The maximum Gasteiger partial charge on any atom is 0.239 e. The highest BCUT2D eigenvalue weighted by Crippen LogP contribution is 2.14. The Morgan fingerprint density at radius 3 is 2.57 bits per heavy atom.